The van der Waals surface area contributed by atoms with Crippen LogP contribution in [0.4, 0.5) is 87.8 Å². The minimum Gasteiger partial charge on any atom is -0.207 e. The summed E-state index contributed by atoms with van der Waals surface area (Å²) in [6.45, 7) is 4.48. The molecule has 62 heavy (non-hydrogen) atoms. The van der Waals surface area contributed by atoms with Crippen LogP contribution in [0, 0.1) is 123 Å². The van der Waals surface area contributed by atoms with Gasteiger partial charge >= 0.3 is 120 Å². The van der Waals surface area contributed by atoms with E-state index in [1.54, 1.807) is 25.1 Å². The van der Waals surface area contributed by atoms with E-state index in [2.05, 4.69) is 68.4 Å². The van der Waals surface area contributed by atoms with Crippen molar-refractivity contribution in [3.8, 4) is 0 Å². The molecule has 0 heterocycles. The van der Waals surface area contributed by atoms with E-state index >= 15 is 35.1 Å². The van der Waals surface area contributed by atoms with Crippen LogP contribution in [0.15, 0.2) is 54.6 Å². The average Bonchev–Trinajstić information content (AvgIpc) is 3.24. The van der Waals surface area contributed by atoms with Crippen molar-refractivity contribution in [2.45, 2.75) is 23.3 Å². The van der Waals surface area contributed by atoms with Crippen LogP contribution in [0.1, 0.15) is 23.6 Å². The minimum atomic E-state index is -7.22. The van der Waals surface area contributed by atoms with Crippen LogP contribution >= 0.6 is 0 Å². The Morgan fingerprint density at radius 1 is 0.355 bits per heavy atom. The molecule has 1 atom stereocenters. The molecule has 1 unspecified atom stereocenters. The largest absolute Gasteiger partial charge is 0.207 e. The monoisotopic (exact) mass is 1100 g/mol. The second-order valence-electron chi connectivity index (χ2n) is 13.6. The van der Waals surface area contributed by atoms with Crippen LogP contribution in [0.2, 0.25) is 0 Å². The minimum absolute atomic E-state index is 0.274. The summed E-state index contributed by atoms with van der Waals surface area (Å²) in [7, 11) is 0. The molecule has 0 fully saturated rings. The van der Waals surface area contributed by atoms with Crippen LogP contribution in [0.5, 0.6) is 0 Å². The molecule has 0 aromatic heterocycles. The molecular formula is C40H17BF20Po-. The smallest absolute Gasteiger partial charge is 0.200 e. The van der Waals surface area contributed by atoms with Crippen molar-refractivity contribution in [1.29, 1.82) is 0 Å². The molecule has 0 amide bonds. The number of hydrogen-bond acceptors (Lipinski definition) is 0. The van der Waals surface area contributed by atoms with Crippen LogP contribution in [-0.4, -0.2) is 31.2 Å². The maximum atomic E-state index is 15.4. The second-order valence-corrected chi connectivity index (χ2v) is 17.1. The van der Waals surface area contributed by atoms with E-state index in [-0.39, 0.29) is 3.07 Å². The van der Waals surface area contributed by atoms with Gasteiger partial charge in [0.15, 0.2) is 69.8 Å². The van der Waals surface area contributed by atoms with Gasteiger partial charge in [0, 0.05) is 0 Å². The van der Waals surface area contributed by atoms with Crippen molar-refractivity contribution in [2.75, 3.05) is 0 Å². The molecule has 0 aliphatic carbocycles. The Balaban J connectivity index is 0.000000355. The first-order valence-corrected chi connectivity index (χ1v) is 18.4. The maximum Gasteiger partial charge on any atom is 0.200 e. The van der Waals surface area contributed by atoms with Crippen LogP contribution in [0.3, 0.4) is 0 Å². The molecular weight excluding hydrogens is 1080 g/mol. The van der Waals surface area contributed by atoms with Gasteiger partial charge in [0.05, 0.1) is 0 Å². The molecule has 0 N–H and O–H groups in total. The van der Waals surface area contributed by atoms with Gasteiger partial charge in [0.1, 0.15) is 52.7 Å². The van der Waals surface area contributed by atoms with Crippen molar-refractivity contribution < 1.29 is 87.8 Å². The van der Waals surface area contributed by atoms with Gasteiger partial charge in [-0.15, -0.1) is 21.9 Å². The van der Waals surface area contributed by atoms with Crippen molar-refractivity contribution in [1.82, 2.24) is 0 Å². The first-order valence-electron chi connectivity index (χ1n) is 16.8. The quantitative estimate of drug-likeness (QED) is 0.0648. The Labute approximate surface area is 350 Å². The number of rotatable bonds is 7. The topological polar surface area (TPSA) is 0 Å². The van der Waals surface area contributed by atoms with Crippen molar-refractivity contribution >= 4 is 53.1 Å². The molecule has 6 aromatic carbocycles. The summed E-state index contributed by atoms with van der Waals surface area (Å²) in [4.78, 5) is 0. The zero-order chi connectivity index (χ0) is 46.7. The van der Waals surface area contributed by atoms with E-state index in [1.165, 1.54) is 16.7 Å². The summed E-state index contributed by atoms with van der Waals surface area (Å²) in [6.07, 6.45) is -6.10. The van der Waals surface area contributed by atoms with E-state index in [1.807, 2.05) is 0 Å². The van der Waals surface area contributed by atoms with Crippen LogP contribution in [0.25, 0.3) is 0 Å². The molecule has 0 aliphatic rings. The Morgan fingerprint density at radius 2 is 0.581 bits per heavy atom. The summed E-state index contributed by atoms with van der Waals surface area (Å²) >= 11 is 1.62. The van der Waals surface area contributed by atoms with E-state index < -0.39 is 144 Å². The molecule has 22 heteroatoms. The van der Waals surface area contributed by atoms with Crippen molar-refractivity contribution in [2.24, 2.45) is 0 Å². The summed E-state index contributed by atoms with van der Waals surface area (Å²) in [5.74, 6) is -71.4. The SMILES string of the molecule is Cc1ccc(C[C](C)([Po])c2ccccc2)cc1.Fc1c(F)c(F)c([B-](c2c(F)c(F)c(F)c(F)c2F)(c2c(F)c(F)c(F)c(F)c2F)c2c(F)c(F)c(F)c(F)c2F)c(F)c1F. The normalized spacial score (nSPS) is 12.6. The van der Waals surface area contributed by atoms with Gasteiger partial charge < -0.3 is 0 Å². The van der Waals surface area contributed by atoms with Gasteiger partial charge in [-0.05, 0) is 0 Å². The van der Waals surface area contributed by atoms with Gasteiger partial charge in [0.2, 0.25) is 0 Å². The van der Waals surface area contributed by atoms with E-state index in [0.717, 1.165) is 6.42 Å². The third-order valence-corrected chi connectivity index (χ3v) is 11.2. The molecule has 0 bridgehead atoms. The molecule has 327 valence electrons. The Bertz CT molecular complexity index is 2360. The van der Waals surface area contributed by atoms with Crippen molar-refractivity contribution in [3.63, 3.8) is 0 Å². The molecule has 6 aromatic rings. The summed E-state index contributed by atoms with van der Waals surface area (Å²) in [5.41, 5.74) is -10.1. The molecule has 0 saturated carbocycles. The Kier molecular flexibility index (Phi) is 13.6. The summed E-state index contributed by atoms with van der Waals surface area (Å²) < 4.78 is 294. The van der Waals surface area contributed by atoms with Gasteiger partial charge in [-0.2, -0.15) is 0 Å². The third-order valence-electron chi connectivity index (χ3n) is 9.75. The van der Waals surface area contributed by atoms with E-state index in [4.69, 9.17) is 0 Å². The van der Waals surface area contributed by atoms with Gasteiger partial charge in [-0.3, -0.25) is 0 Å². The fraction of sp³-hybridized carbons (Fsp3) is 0.100. The second kappa shape index (κ2) is 17.6. The molecule has 1 radical (unpaired) electrons. The molecule has 0 saturated heterocycles. The van der Waals surface area contributed by atoms with Gasteiger partial charge in [0.25, 0.3) is 0 Å². The molecule has 6 rings (SSSR count). The molecule has 0 nitrogen and oxygen atoms in total. The zero-order valence-electron chi connectivity index (χ0n) is 30.4. The summed E-state index contributed by atoms with van der Waals surface area (Å²) in [5, 5.41) is 0. The number of halogens is 20. The van der Waals surface area contributed by atoms with E-state index in [0.29, 0.717) is 0 Å². The maximum absolute atomic E-state index is 15.4. The number of benzene rings is 6. The predicted molar refractivity (Wildman–Crippen MR) is 184 cm³/mol. The fourth-order valence-corrected chi connectivity index (χ4v) is 8.04. The number of hydrogen-bond donors (Lipinski definition) is 0. The zero-order valence-corrected chi connectivity index (χ0v) is 33.6. The van der Waals surface area contributed by atoms with Crippen LogP contribution < -0.4 is 21.9 Å². The standard InChI is InChI=1S/C24BF20.C16H17.Po/c26-5-1(6(27)14(35)21(42)13(5)34)25(2-7(28)15(36)22(43)16(37)8(2)29,3-9(30)17(38)23(44)18(39)10(3)31)4-11(32)19(40)24(45)20(41)12(4)33;1-13-8-10-15(11-9-13)12-14(2)16-6-4-3-5-7-16;/h;3-11H,12H2,1-2H3;/q-1;;. The molecule has 0 aliphatic heterocycles. The first-order chi connectivity index (χ1) is 28.8. The molecule has 0 spiro atoms. The van der Waals surface area contributed by atoms with E-state index in [9.17, 15) is 52.7 Å². The summed E-state index contributed by atoms with van der Waals surface area (Å²) in [6, 6.07) is 19.7. The predicted octanol–water partition coefficient (Wildman–Crippen LogP) is 9.47. The third kappa shape index (κ3) is 7.70. The van der Waals surface area contributed by atoms with Gasteiger partial charge in [-0.25, -0.2) is 87.8 Å². The van der Waals surface area contributed by atoms with Crippen LogP contribution in [-0.2, 0) is 9.49 Å². The van der Waals surface area contributed by atoms with Crippen molar-refractivity contribution in [3.05, 3.63) is 188 Å². The van der Waals surface area contributed by atoms with Gasteiger partial charge in [-0.1, -0.05) is 0 Å². The Hall–Kier alpha value is -5.12. The first kappa shape index (κ1) is 47.9. The fourth-order valence-electron chi connectivity index (χ4n) is 6.86. The Morgan fingerprint density at radius 3 is 0.823 bits per heavy atom. The average molecular weight is 1100 g/mol. The number of aryl methyl sites for hydroxylation is 1.